The molecule has 0 radical (unpaired) electrons. The van der Waals surface area contributed by atoms with Gasteiger partial charge in [0.05, 0.1) is 18.8 Å². The van der Waals surface area contributed by atoms with Gasteiger partial charge in [0.1, 0.15) is 12.8 Å². The summed E-state index contributed by atoms with van der Waals surface area (Å²) in [7, 11) is 2.32. The van der Waals surface area contributed by atoms with Crippen LogP contribution in [0, 0.1) is 0 Å². The number of nitrogens with zero attached hydrogens (tertiary/aromatic N) is 1. The Labute approximate surface area is 220 Å². The summed E-state index contributed by atoms with van der Waals surface area (Å²) in [5.74, 6) is -0.701. The number of carbonyl (C=O) groups is 2. The molecule has 0 saturated heterocycles. The molecular formula is C28H41ClN2O5. The highest BCUT2D eigenvalue weighted by Crippen LogP contribution is 2.41. The van der Waals surface area contributed by atoms with Crippen molar-refractivity contribution in [2.75, 3.05) is 21.0 Å². The molecule has 1 aliphatic rings. The third kappa shape index (κ3) is 8.59. The molecule has 1 aliphatic heterocycles. The number of hydrogen-bond acceptors (Lipinski definition) is 6. The molecule has 0 fully saturated rings. The van der Waals surface area contributed by atoms with Crippen LogP contribution in [0.1, 0.15) is 57.7 Å². The number of methoxy groups -OCH3 is 1. The topological polar surface area (TPSA) is 88.1 Å². The molecule has 0 spiro atoms. The van der Waals surface area contributed by atoms with Crippen LogP contribution in [0.25, 0.3) is 0 Å². The zero-order valence-electron chi connectivity index (χ0n) is 22.5. The minimum absolute atomic E-state index is 0.0832. The van der Waals surface area contributed by atoms with E-state index in [1.807, 2.05) is 52.0 Å². The van der Waals surface area contributed by atoms with Crippen LogP contribution in [0.3, 0.4) is 0 Å². The number of halogens is 1. The summed E-state index contributed by atoms with van der Waals surface area (Å²) in [6, 6.07) is 14.5. The Morgan fingerprint density at radius 2 is 1.72 bits per heavy atom. The van der Waals surface area contributed by atoms with Crippen LogP contribution in [0.2, 0.25) is 5.02 Å². The first-order valence-electron chi connectivity index (χ1n) is 12.2. The fraction of sp³-hybridized carbons (Fsp3) is 0.500. The van der Waals surface area contributed by atoms with Crippen molar-refractivity contribution >= 4 is 23.5 Å². The zero-order chi connectivity index (χ0) is 27.3. The summed E-state index contributed by atoms with van der Waals surface area (Å²) in [4.78, 5) is 27.7. The van der Waals surface area contributed by atoms with E-state index in [1.165, 1.54) is 12.7 Å². The second-order valence-electron chi connectivity index (χ2n) is 8.62. The van der Waals surface area contributed by atoms with E-state index in [2.05, 4.69) is 29.3 Å². The van der Waals surface area contributed by atoms with Crippen LogP contribution in [0.5, 0.6) is 0 Å². The number of benzene rings is 2. The third-order valence-electron chi connectivity index (χ3n) is 5.90. The number of esters is 1. The Hall–Kier alpha value is -2.45. The minimum atomic E-state index is -0.783. The third-order valence-corrected chi connectivity index (χ3v) is 6.15. The largest absolute Gasteiger partial charge is 0.467 e. The number of rotatable bonds is 9. The molecule has 0 saturated carbocycles. The molecule has 7 nitrogen and oxygen atoms in total. The van der Waals surface area contributed by atoms with Crippen LogP contribution in [-0.2, 0) is 37.6 Å². The van der Waals surface area contributed by atoms with Gasteiger partial charge in [-0.2, -0.15) is 0 Å². The van der Waals surface area contributed by atoms with E-state index in [4.69, 9.17) is 26.2 Å². The van der Waals surface area contributed by atoms with Gasteiger partial charge in [-0.05, 0) is 49.6 Å². The molecule has 1 amide bonds. The average molecular weight is 521 g/mol. The fourth-order valence-electron chi connectivity index (χ4n) is 4.12. The Kier molecular flexibility index (Phi) is 13.7. The van der Waals surface area contributed by atoms with Gasteiger partial charge >= 0.3 is 5.97 Å². The molecule has 2 aromatic rings. The lowest BCUT2D eigenvalue weighted by molar-refractivity contribution is -0.145. The van der Waals surface area contributed by atoms with E-state index in [-0.39, 0.29) is 18.4 Å². The molecule has 0 bridgehead atoms. The molecule has 2 unspecified atom stereocenters. The maximum atomic E-state index is 13.2. The highest BCUT2D eigenvalue weighted by atomic mass is 35.5. The quantitative estimate of drug-likeness (QED) is 0.467. The molecule has 1 heterocycles. The summed E-state index contributed by atoms with van der Waals surface area (Å²) < 4.78 is 10.8. The van der Waals surface area contributed by atoms with Gasteiger partial charge in [0, 0.05) is 31.5 Å². The van der Waals surface area contributed by atoms with Crippen LogP contribution >= 0.6 is 11.6 Å². The van der Waals surface area contributed by atoms with Crippen molar-refractivity contribution < 1.29 is 24.2 Å². The normalized spacial score (nSPS) is 17.2. The summed E-state index contributed by atoms with van der Waals surface area (Å²) in [5, 5.41) is 10.5. The van der Waals surface area contributed by atoms with E-state index in [0.717, 1.165) is 18.2 Å². The van der Waals surface area contributed by atoms with Gasteiger partial charge in [0.15, 0.2) is 0 Å². The molecule has 3 rings (SSSR count). The molecule has 200 valence electrons. The highest BCUT2D eigenvalue weighted by Gasteiger charge is 2.43. The lowest BCUT2D eigenvalue weighted by Gasteiger charge is -2.36. The van der Waals surface area contributed by atoms with Gasteiger partial charge < -0.3 is 19.9 Å². The van der Waals surface area contributed by atoms with Crippen LogP contribution in [-0.4, -0.2) is 55.0 Å². The van der Waals surface area contributed by atoms with E-state index in [1.54, 1.807) is 12.1 Å². The maximum Gasteiger partial charge on any atom is 0.328 e. The van der Waals surface area contributed by atoms with Crippen molar-refractivity contribution in [1.29, 1.82) is 0 Å². The number of hydrogen-bond donors (Lipinski definition) is 2. The molecule has 0 aliphatic carbocycles. The fourth-order valence-corrected chi connectivity index (χ4v) is 4.24. The summed E-state index contributed by atoms with van der Waals surface area (Å²) in [6.45, 7) is 11.2. The molecule has 2 aromatic carbocycles. The number of aliphatic hydroxyl groups excluding tert-OH is 1. The zero-order valence-corrected chi connectivity index (χ0v) is 23.3. The van der Waals surface area contributed by atoms with Gasteiger partial charge in [0.2, 0.25) is 5.91 Å². The highest BCUT2D eigenvalue weighted by molar-refractivity contribution is 6.30. The van der Waals surface area contributed by atoms with Gasteiger partial charge in [0.25, 0.3) is 0 Å². The smallest absolute Gasteiger partial charge is 0.328 e. The predicted molar refractivity (Wildman–Crippen MR) is 144 cm³/mol. The first-order valence-corrected chi connectivity index (χ1v) is 12.6. The minimum Gasteiger partial charge on any atom is -0.467 e. The molecule has 0 aromatic heterocycles. The van der Waals surface area contributed by atoms with Gasteiger partial charge in [-0.1, -0.05) is 61.8 Å². The van der Waals surface area contributed by atoms with Crippen molar-refractivity contribution in [1.82, 2.24) is 10.2 Å². The lowest BCUT2D eigenvalue weighted by atomic mass is 9.88. The van der Waals surface area contributed by atoms with Gasteiger partial charge in [-0.15, -0.1) is 0 Å². The molecule has 8 heteroatoms. The maximum absolute atomic E-state index is 13.2. The number of nitrogens with one attached hydrogen (secondary N) is 1. The van der Waals surface area contributed by atoms with E-state index in [9.17, 15) is 9.59 Å². The first kappa shape index (κ1) is 31.6. The number of carbonyl (C=O) groups excluding carboxylic acids is 2. The Balaban J connectivity index is 0.00000154. The standard InChI is InChI=1S/C25H31ClN2O4.C2H6.CH4O/c1-17(2)32-16-28-15-19-7-5-6-8-21(19)25(28,3)14-23(29)27-22(24(30)31-4)13-18-9-11-20(26)12-10-18;2*1-2/h5-12,17,22H,13-16H2,1-4H3,(H,27,29);1-2H3;2H,1H3. The van der Waals surface area contributed by atoms with Crippen LogP contribution < -0.4 is 5.32 Å². The Bertz CT molecular complexity index is 951. The van der Waals surface area contributed by atoms with Crippen molar-refractivity contribution in [3.05, 3.63) is 70.2 Å². The second-order valence-corrected chi connectivity index (χ2v) is 9.06. The number of aliphatic hydroxyl groups is 1. The number of fused-ring (bicyclic) bond motifs is 1. The van der Waals surface area contributed by atoms with Crippen LogP contribution in [0.15, 0.2) is 48.5 Å². The Morgan fingerprint density at radius 1 is 1.11 bits per heavy atom. The predicted octanol–water partition coefficient (Wildman–Crippen LogP) is 4.68. The van der Waals surface area contributed by atoms with Gasteiger partial charge in [-0.25, -0.2) is 4.79 Å². The van der Waals surface area contributed by atoms with Crippen molar-refractivity contribution in [2.24, 2.45) is 0 Å². The molecule has 2 N–H and O–H groups in total. The number of ether oxygens (including phenoxy) is 2. The summed E-state index contributed by atoms with van der Waals surface area (Å²) >= 11 is 5.96. The van der Waals surface area contributed by atoms with Gasteiger partial charge in [-0.3, -0.25) is 9.69 Å². The monoisotopic (exact) mass is 520 g/mol. The molecule has 2 atom stereocenters. The van der Waals surface area contributed by atoms with Crippen molar-refractivity contribution in [2.45, 2.75) is 71.7 Å². The van der Waals surface area contributed by atoms with E-state index in [0.29, 0.717) is 24.7 Å². The van der Waals surface area contributed by atoms with Crippen molar-refractivity contribution in [3.63, 3.8) is 0 Å². The summed E-state index contributed by atoms with van der Waals surface area (Å²) in [6.07, 6.45) is 0.600. The molecular weight excluding hydrogens is 480 g/mol. The lowest BCUT2D eigenvalue weighted by Crippen LogP contribution is -2.48. The number of amides is 1. The second kappa shape index (κ2) is 15.6. The summed E-state index contributed by atoms with van der Waals surface area (Å²) in [5.41, 5.74) is 2.63. The molecule has 36 heavy (non-hydrogen) atoms. The average Bonchev–Trinajstić information content (AvgIpc) is 3.16. The SMILES string of the molecule is CC.CO.COC(=O)C(Cc1ccc(Cl)cc1)NC(=O)CC1(C)c2ccccc2CN1COC(C)C. The first-order chi connectivity index (χ1) is 17.2. The van der Waals surface area contributed by atoms with Crippen LogP contribution in [0.4, 0.5) is 0 Å². The van der Waals surface area contributed by atoms with E-state index >= 15 is 0 Å². The van der Waals surface area contributed by atoms with E-state index < -0.39 is 17.6 Å². The van der Waals surface area contributed by atoms with Crippen molar-refractivity contribution in [3.8, 4) is 0 Å². The Morgan fingerprint density at radius 3 is 2.31 bits per heavy atom.